The van der Waals surface area contributed by atoms with Crippen LogP contribution in [0.1, 0.15) is 5.56 Å². The molecule has 0 spiro atoms. The summed E-state index contributed by atoms with van der Waals surface area (Å²) in [6.45, 7) is 0.878. The molecule has 92 valence electrons. The lowest BCUT2D eigenvalue weighted by molar-refractivity contribution is 0.767. The van der Waals surface area contributed by atoms with Gasteiger partial charge in [0, 0.05) is 32.2 Å². The molecule has 0 aliphatic carbocycles. The maximum Gasteiger partial charge on any atom is 0.138 e. The number of hydrogen-bond donors (Lipinski definition) is 1. The van der Waals surface area contributed by atoms with E-state index in [9.17, 15) is 0 Å². The van der Waals surface area contributed by atoms with Crippen LogP contribution in [-0.2, 0) is 13.5 Å². The van der Waals surface area contributed by atoms with E-state index in [0.29, 0.717) is 0 Å². The third kappa shape index (κ3) is 2.07. The highest BCUT2D eigenvalue weighted by Crippen LogP contribution is 2.10. The fraction of sp³-hybridized carbons (Fsp3) is 0.231. The molecule has 18 heavy (non-hydrogen) atoms. The number of imidazole rings is 1. The van der Waals surface area contributed by atoms with Gasteiger partial charge in [0.25, 0.3) is 0 Å². The molecule has 3 aromatic rings. The fourth-order valence-electron chi connectivity index (χ4n) is 2.03. The van der Waals surface area contributed by atoms with E-state index in [4.69, 9.17) is 0 Å². The Morgan fingerprint density at radius 1 is 1.33 bits per heavy atom. The summed E-state index contributed by atoms with van der Waals surface area (Å²) in [5, 5.41) is 7.58. The molecule has 0 atom stereocenters. The van der Waals surface area contributed by atoms with E-state index in [1.807, 2.05) is 53.1 Å². The van der Waals surface area contributed by atoms with E-state index in [1.54, 1.807) is 0 Å². The Balaban J connectivity index is 1.68. The largest absolute Gasteiger partial charge is 0.371 e. The molecule has 0 aliphatic heterocycles. The SMILES string of the molecule is Cn1cc(CCNc2cccc3nccn23)cn1. The molecule has 1 N–H and O–H groups in total. The molecule has 0 unspecified atom stereocenters. The predicted octanol–water partition coefficient (Wildman–Crippen LogP) is 1.72. The second-order valence-electron chi connectivity index (χ2n) is 4.27. The Morgan fingerprint density at radius 2 is 2.28 bits per heavy atom. The molecule has 0 aromatic carbocycles. The van der Waals surface area contributed by atoms with Crippen LogP contribution in [0.3, 0.4) is 0 Å². The van der Waals surface area contributed by atoms with Gasteiger partial charge in [-0.05, 0) is 24.1 Å². The van der Waals surface area contributed by atoms with Gasteiger partial charge >= 0.3 is 0 Å². The van der Waals surface area contributed by atoms with E-state index >= 15 is 0 Å². The molecule has 5 nitrogen and oxygen atoms in total. The Bertz CT molecular complexity index is 652. The zero-order valence-corrected chi connectivity index (χ0v) is 10.2. The maximum atomic E-state index is 4.26. The normalized spacial score (nSPS) is 10.9. The summed E-state index contributed by atoms with van der Waals surface area (Å²) in [5.74, 6) is 1.06. The number of anilines is 1. The molecule has 0 amide bonds. The fourth-order valence-corrected chi connectivity index (χ4v) is 2.03. The number of fused-ring (bicyclic) bond motifs is 1. The molecular weight excluding hydrogens is 226 g/mol. The molecule has 3 rings (SSSR count). The van der Waals surface area contributed by atoms with Crippen LogP contribution in [0.5, 0.6) is 0 Å². The topological polar surface area (TPSA) is 47.2 Å². The molecule has 0 saturated carbocycles. The molecule has 0 fully saturated rings. The molecule has 0 saturated heterocycles. The molecule has 0 radical (unpaired) electrons. The van der Waals surface area contributed by atoms with Crippen molar-refractivity contribution in [2.24, 2.45) is 7.05 Å². The van der Waals surface area contributed by atoms with Crippen LogP contribution in [0.25, 0.3) is 5.65 Å². The van der Waals surface area contributed by atoms with Gasteiger partial charge < -0.3 is 5.32 Å². The molecule has 3 heterocycles. The Labute approximate surface area is 105 Å². The summed E-state index contributed by atoms with van der Waals surface area (Å²) in [7, 11) is 1.93. The minimum absolute atomic E-state index is 0.878. The van der Waals surface area contributed by atoms with E-state index in [-0.39, 0.29) is 0 Å². The third-order valence-electron chi connectivity index (χ3n) is 2.91. The number of aromatic nitrogens is 4. The van der Waals surface area contributed by atoms with Crippen LogP contribution >= 0.6 is 0 Å². The van der Waals surface area contributed by atoms with Crippen LogP contribution in [0, 0.1) is 0 Å². The molecule has 3 aromatic heterocycles. The Hall–Kier alpha value is -2.30. The number of nitrogens with one attached hydrogen (secondary N) is 1. The Kier molecular flexibility index (Phi) is 2.72. The highest BCUT2D eigenvalue weighted by Gasteiger charge is 2.00. The molecule has 5 heteroatoms. The lowest BCUT2D eigenvalue weighted by Crippen LogP contribution is -2.07. The first-order valence-corrected chi connectivity index (χ1v) is 5.96. The highest BCUT2D eigenvalue weighted by molar-refractivity contribution is 5.49. The predicted molar refractivity (Wildman–Crippen MR) is 70.6 cm³/mol. The summed E-state index contributed by atoms with van der Waals surface area (Å²) in [4.78, 5) is 4.26. The van der Waals surface area contributed by atoms with Crippen LogP contribution in [-0.4, -0.2) is 25.7 Å². The molecular formula is C13H15N5. The zero-order chi connectivity index (χ0) is 12.4. The second-order valence-corrected chi connectivity index (χ2v) is 4.27. The van der Waals surface area contributed by atoms with Gasteiger partial charge in [-0.25, -0.2) is 4.98 Å². The van der Waals surface area contributed by atoms with Gasteiger partial charge in [-0.15, -0.1) is 0 Å². The first-order valence-electron chi connectivity index (χ1n) is 5.96. The van der Waals surface area contributed by atoms with Crippen molar-refractivity contribution >= 4 is 11.5 Å². The monoisotopic (exact) mass is 241 g/mol. The van der Waals surface area contributed by atoms with Crippen LogP contribution < -0.4 is 5.32 Å². The summed E-state index contributed by atoms with van der Waals surface area (Å²) < 4.78 is 3.87. The van der Waals surface area contributed by atoms with Gasteiger partial charge in [0.2, 0.25) is 0 Å². The van der Waals surface area contributed by atoms with Gasteiger partial charge in [-0.3, -0.25) is 9.08 Å². The van der Waals surface area contributed by atoms with Crippen LogP contribution in [0.15, 0.2) is 43.0 Å². The van der Waals surface area contributed by atoms with E-state index in [2.05, 4.69) is 21.5 Å². The summed E-state index contributed by atoms with van der Waals surface area (Å²) in [6, 6.07) is 6.05. The summed E-state index contributed by atoms with van der Waals surface area (Å²) in [5.41, 5.74) is 2.20. The average molecular weight is 241 g/mol. The van der Waals surface area contributed by atoms with E-state index in [0.717, 1.165) is 24.4 Å². The first-order chi connectivity index (χ1) is 8.83. The number of nitrogens with zero attached hydrogens (tertiary/aromatic N) is 4. The van der Waals surface area contributed by atoms with Crippen molar-refractivity contribution in [1.82, 2.24) is 19.2 Å². The minimum atomic E-state index is 0.878. The van der Waals surface area contributed by atoms with Gasteiger partial charge in [0.1, 0.15) is 11.5 Å². The number of hydrogen-bond acceptors (Lipinski definition) is 3. The highest BCUT2D eigenvalue weighted by atomic mass is 15.2. The third-order valence-corrected chi connectivity index (χ3v) is 2.91. The van der Waals surface area contributed by atoms with Crippen molar-refractivity contribution in [3.63, 3.8) is 0 Å². The zero-order valence-electron chi connectivity index (χ0n) is 10.2. The molecule has 0 aliphatic rings. The van der Waals surface area contributed by atoms with E-state index < -0.39 is 0 Å². The average Bonchev–Trinajstić information content (AvgIpc) is 2.98. The van der Waals surface area contributed by atoms with Crippen molar-refractivity contribution in [2.75, 3.05) is 11.9 Å². The minimum Gasteiger partial charge on any atom is -0.371 e. The van der Waals surface area contributed by atoms with Gasteiger partial charge in [0.15, 0.2) is 0 Å². The summed E-state index contributed by atoms with van der Waals surface area (Å²) in [6.07, 6.45) is 8.67. The molecule has 0 bridgehead atoms. The lowest BCUT2D eigenvalue weighted by Gasteiger charge is -2.07. The van der Waals surface area contributed by atoms with Gasteiger partial charge in [-0.1, -0.05) is 6.07 Å². The second kappa shape index (κ2) is 4.52. The van der Waals surface area contributed by atoms with Crippen LogP contribution in [0.4, 0.5) is 5.82 Å². The van der Waals surface area contributed by atoms with Gasteiger partial charge in [-0.2, -0.15) is 5.10 Å². The van der Waals surface area contributed by atoms with Gasteiger partial charge in [0.05, 0.1) is 6.20 Å². The number of rotatable bonds is 4. The number of aryl methyl sites for hydroxylation is 1. The smallest absolute Gasteiger partial charge is 0.138 e. The number of pyridine rings is 1. The van der Waals surface area contributed by atoms with Crippen molar-refractivity contribution in [2.45, 2.75) is 6.42 Å². The van der Waals surface area contributed by atoms with Crippen molar-refractivity contribution in [1.29, 1.82) is 0 Å². The Morgan fingerprint density at radius 3 is 3.11 bits per heavy atom. The standard InChI is InChI=1S/C13H15N5/c1-17-10-11(9-16-17)5-6-14-12-3-2-4-13-15-7-8-18(12)13/h2-4,7-10,14H,5-6H2,1H3. The quantitative estimate of drug-likeness (QED) is 0.756. The maximum absolute atomic E-state index is 4.26. The van der Waals surface area contributed by atoms with Crippen molar-refractivity contribution in [3.8, 4) is 0 Å². The summed E-state index contributed by atoms with van der Waals surface area (Å²) >= 11 is 0. The van der Waals surface area contributed by atoms with Crippen LogP contribution in [0.2, 0.25) is 0 Å². The van der Waals surface area contributed by atoms with E-state index in [1.165, 1.54) is 5.56 Å². The van der Waals surface area contributed by atoms with Crippen molar-refractivity contribution in [3.05, 3.63) is 48.5 Å². The first kappa shape index (κ1) is 10.8. The lowest BCUT2D eigenvalue weighted by atomic mass is 10.2. The van der Waals surface area contributed by atoms with Crippen molar-refractivity contribution < 1.29 is 0 Å².